The first-order valence-electron chi connectivity index (χ1n) is 7.24. The normalized spacial score (nSPS) is 23.4. The summed E-state index contributed by atoms with van der Waals surface area (Å²) in [6, 6.07) is 6.36. The Morgan fingerprint density at radius 3 is 2.94 bits per heavy atom. The average molecular weight is 266 g/mol. The van der Waals surface area contributed by atoms with Crippen LogP contribution in [-0.2, 0) is 0 Å². The van der Waals surface area contributed by atoms with Gasteiger partial charge in [-0.15, -0.1) is 11.3 Å². The van der Waals surface area contributed by atoms with E-state index in [9.17, 15) is 0 Å². The largest absolute Gasteiger partial charge is 0.311 e. The van der Waals surface area contributed by atoms with E-state index in [1.807, 2.05) is 11.3 Å². The van der Waals surface area contributed by atoms with Crippen molar-refractivity contribution in [3.05, 3.63) is 22.4 Å². The van der Waals surface area contributed by atoms with Crippen LogP contribution in [0.1, 0.15) is 51.0 Å². The van der Waals surface area contributed by atoms with Gasteiger partial charge < -0.3 is 5.32 Å². The summed E-state index contributed by atoms with van der Waals surface area (Å²) in [5.41, 5.74) is 0. The van der Waals surface area contributed by atoms with Crippen LogP contribution in [0.5, 0.6) is 0 Å². The lowest BCUT2D eigenvalue weighted by Gasteiger charge is -2.38. The SMILES string of the molecule is CCC(c1cccs1)N1CCCC(NC(C)C)C1. The van der Waals surface area contributed by atoms with E-state index in [4.69, 9.17) is 0 Å². The lowest BCUT2D eigenvalue weighted by atomic mass is 10.0. The number of piperidine rings is 1. The molecule has 1 aliphatic rings. The lowest BCUT2D eigenvalue weighted by Crippen LogP contribution is -2.48. The van der Waals surface area contributed by atoms with E-state index >= 15 is 0 Å². The highest BCUT2D eigenvalue weighted by atomic mass is 32.1. The first-order valence-corrected chi connectivity index (χ1v) is 8.12. The number of hydrogen-bond donors (Lipinski definition) is 1. The molecule has 3 heteroatoms. The van der Waals surface area contributed by atoms with Crippen molar-refractivity contribution in [1.82, 2.24) is 10.2 Å². The van der Waals surface area contributed by atoms with Crippen molar-refractivity contribution in [2.24, 2.45) is 0 Å². The average Bonchev–Trinajstić information content (AvgIpc) is 2.83. The predicted octanol–water partition coefficient (Wildman–Crippen LogP) is 3.66. The van der Waals surface area contributed by atoms with Gasteiger partial charge >= 0.3 is 0 Å². The van der Waals surface area contributed by atoms with Gasteiger partial charge in [0.1, 0.15) is 0 Å². The Balaban J connectivity index is 1.98. The van der Waals surface area contributed by atoms with Gasteiger partial charge in [0, 0.05) is 29.5 Å². The topological polar surface area (TPSA) is 15.3 Å². The van der Waals surface area contributed by atoms with Crippen LogP contribution < -0.4 is 5.32 Å². The molecule has 1 saturated heterocycles. The molecule has 102 valence electrons. The molecule has 1 fully saturated rings. The summed E-state index contributed by atoms with van der Waals surface area (Å²) in [6.07, 6.45) is 3.87. The molecule has 0 radical (unpaired) electrons. The summed E-state index contributed by atoms with van der Waals surface area (Å²) in [5.74, 6) is 0. The van der Waals surface area contributed by atoms with Gasteiger partial charge in [-0.2, -0.15) is 0 Å². The second-order valence-electron chi connectivity index (χ2n) is 5.59. The van der Waals surface area contributed by atoms with Gasteiger partial charge in [0.25, 0.3) is 0 Å². The third-order valence-corrected chi connectivity index (χ3v) is 4.69. The van der Waals surface area contributed by atoms with Gasteiger partial charge in [0.05, 0.1) is 0 Å². The lowest BCUT2D eigenvalue weighted by molar-refractivity contribution is 0.132. The van der Waals surface area contributed by atoms with Crippen LogP contribution in [0.4, 0.5) is 0 Å². The van der Waals surface area contributed by atoms with E-state index < -0.39 is 0 Å². The van der Waals surface area contributed by atoms with Gasteiger partial charge in [0.2, 0.25) is 0 Å². The maximum Gasteiger partial charge on any atom is 0.0439 e. The monoisotopic (exact) mass is 266 g/mol. The van der Waals surface area contributed by atoms with Crippen molar-refractivity contribution in [2.75, 3.05) is 13.1 Å². The highest BCUT2D eigenvalue weighted by molar-refractivity contribution is 7.10. The number of nitrogens with zero attached hydrogens (tertiary/aromatic N) is 1. The number of nitrogens with one attached hydrogen (secondary N) is 1. The fourth-order valence-corrected chi connectivity index (χ4v) is 3.96. The first kappa shape index (κ1) is 14.0. The molecule has 1 aromatic rings. The van der Waals surface area contributed by atoms with Crippen molar-refractivity contribution in [2.45, 2.75) is 58.2 Å². The van der Waals surface area contributed by atoms with Gasteiger partial charge in [-0.3, -0.25) is 4.90 Å². The van der Waals surface area contributed by atoms with Gasteiger partial charge in [-0.25, -0.2) is 0 Å². The number of hydrogen-bond acceptors (Lipinski definition) is 3. The van der Waals surface area contributed by atoms with Gasteiger partial charge in [-0.1, -0.05) is 26.8 Å². The molecule has 2 heterocycles. The number of thiophene rings is 1. The molecule has 1 aromatic heterocycles. The first-order chi connectivity index (χ1) is 8.70. The smallest absolute Gasteiger partial charge is 0.0439 e. The van der Waals surface area contributed by atoms with Gasteiger partial charge in [-0.05, 0) is 37.3 Å². The molecule has 0 aliphatic carbocycles. The Morgan fingerprint density at radius 1 is 1.50 bits per heavy atom. The minimum atomic E-state index is 0.594. The van der Waals surface area contributed by atoms with Crippen molar-refractivity contribution in [3.8, 4) is 0 Å². The van der Waals surface area contributed by atoms with E-state index in [1.165, 1.54) is 37.2 Å². The Bertz CT molecular complexity index is 334. The molecule has 2 atom stereocenters. The molecule has 1 aliphatic heterocycles. The molecule has 2 unspecified atom stereocenters. The molecule has 2 rings (SSSR count). The number of likely N-dealkylation sites (tertiary alicyclic amines) is 1. The van der Waals surface area contributed by atoms with E-state index in [2.05, 4.69) is 48.5 Å². The Morgan fingerprint density at radius 2 is 2.33 bits per heavy atom. The van der Waals surface area contributed by atoms with Gasteiger partial charge in [0.15, 0.2) is 0 Å². The van der Waals surface area contributed by atoms with Crippen LogP contribution in [0.3, 0.4) is 0 Å². The van der Waals surface area contributed by atoms with Crippen molar-refractivity contribution < 1.29 is 0 Å². The summed E-state index contributed by atoms with van der Waals surface area (Å²) in [7, 11) is 0. The molecule has 1 N–H and O–H groups in total. The summed E-state index contributed by atoms with van der Waals surface area (Å²) < 4.78 is 0. The maximum atomic E-state index is 3.70. The highest BCUT2D eigenvalue weighted by Crippen LogP contribution is 2.30. The second-order valence-corrected chi connectivity index (χ2v) is 6.57. The summed E-state index contributed by atoms with van der Waals surface area (Å²) in [6.45, 7) is 9.26. The molecule has 18 heavy (non-hydrogen) atoms. The molecule has 2 nitrogen and oxygen atoms in total. The van der Waals surface area contributed by atoms with E-state index in [-0.39, 0.29) is 0 Å². The van der Waals surface area contributed by atoms with Crippen LogP contribution in [0.15, 0.2) is 17.5 Å². The maximum absolute atomic E-state index is 3.70. The molecule has 0 bridgehead atoms. The third kappa shape index (κ3) is 3.56. The quantitative estimate of drug-likeness (QED) is 0.875. The van der Waals surface area contributed by atoms with Crippen LogP contribution in [0, 0.1) is 0 Å². The molecular formula is C15H26N2S. The second kappa shape index (κ2) is 6.69. The highest BCUT2D eigenvalue weighted by Gasteiger charge is 2.26. The zero-order chi connectivity index (χ0) is 13.0. The fraction of sp³-hybridized carbons (Fsp3) is 0.733. The molecule has 0 saturated carbocycles. The van der Waals surface area contributed by atoms with Crippen LogP contribution in [-0.4, -0.2) is 30.1 Å². The van der Waals surface area contributed by atoms with Crippen LogP contribution >= 0.6 is 11.3 Å². The Labute approximate surface area is 115 Å². The summed E-state index contributed by atoms with van der Waals surface area (Å²) in [5, 5.41) is 5.90. The third-order valence-electron chi connectivity index (χ3n) is 3.72. The fourth-order valence-electron chi connectivity index (χ4n) is 3.02. The molecule has 0 amide bonds. The predicted molar refractivity (Wildman–Crippen MR) is 80.2 cm³/mol. The zero-order valence-corrected chi connectivity index (χ0v) is 12.7. The van der Waals surface area contributed by atoms with E-state index in [0.717, 1.165) is 0 Å². The van der Waals surface area contributed by atoms with Crippen LogP contribution in [0.25, 0.3) is 0 Å². The summed E-state index contributed by atoms with van der Waals surface area (Å²) in [4.78, 5) is 4.21. The molecule has 0 aromatic carbocycles. The molecule has 0 spiro atoms. The minimum Gasteiger partial charge on any atom is -0.311 e. The minimum absolute atomic E-state index is 0.594. The van der Waals surface area contributed by atoms with Crippen molar-refractivity contribution in [3.63, 3.8) is 0 Å². The van der Waals surface area contributed by atoms with Crippen LogP contribution in [0.2, 0.25) is 0 Å². The standard InChI is InChI=1S/C15H26N2S/c1-4-14(15-8-6-10-18-15)17-9-5-7-13(11-17)16-12(2)3/h6,8,10,12-14,16H,4-5,7,9,11H2,1-3H3. The summed E-state index contributed by atoms with van der Waals surface area (Å²) >= 11 is 1.90. The van der Waals surface area contributed by atoms with E-state index in [1.54, 1.807) is 0 Å². The molecular weight excluding hydrogens is 240 g/mol. The van der Waals surface area contributed by atoms with Crippen molar-refractivity contribution >= 4 is 11.3 Å². The Kier molecular flexibility index (Phi) is 5.22. The van der Waals surface area contributed by atoms with Crippen molar-refractivity contribution in [1.29, 1.82) is 0 Å². The Hall–Kier alpha value is -0.380. The zero-order valence-electron chi connectivity index (χ0n) is 11.9. The number of rotatable bonds is 5. The van der Waals surface area contributed by atoms with E-state index in [0.29, 0.717) is 18.1 Å².